The van der Waals surface area contributed by atoms with Crippen LogP contribution in [0, 0.1) is 5.41 Å². The number of rotatable bonds is 2. The van der Waals surface area contributed by atoms with Gasteiger partial charge < -0.3 is 25.2 Å². The van der Waals surface area contributed by atoms with Crippen LogP contribution in [0.4, 0.5) is 4.79 Å². The Bertz CT molecular complexity index is 366. The molecule has 0 radical (unpaired) electrons. The highest BCUT2D eigenvalue weighted by molar-refractivity contribution is 5.69. The molecule has 0 aromatic rings. The van der Waals surface area contributed by atoms with E-state index in [9.17, 15) is 9.90 Å². The van der Waals surface area contributed by atoms with Crippen LogP contribution in [0.5, 0.6) is 0 Å². The van der Waals surface area contributed by atoms with E-state index in [1.165, 1.54) is 4.90 Å². The Labute approximate surface area is 120 Å². The summed E-state index contributed by atoms with van der Waals surface area (Å²) in [6.45, 7) is 7.56. The highest BCUT2D eigenvalue weighted by Gasteiger charge is 2.58. The summed E-state index contributed by atoms with van der Waals surface area (Å²) in [4.78, 5) is 13.5. The lowest BCUT2D eigenvalue weighted by Crippen LogP contribution is -2.74. The quantitative estimate of drug-likeness (QED) is 0.781. The molecule has 116 valence electrons. The molecule has 6 nitrogen and oxygen atoms in total. The van der Waals surface area contributed by atoms with E-state index >= 15 is 0 Å². The number of ether oxygens (including phenoxy) is 2. The van der Waals surface area contributed by atoms with Gasteiger partial charge in [-0.3, -0.25) is 0 Å². The second kappa shape index (κ2) is 5.16. The second-order valence-electron chi connectivity index (χ2n) is 7.01. The van der Waals surface area contributed by atoms with Crippen LogP contribution in [0.25, 0.3) is 0 Å². The van der Waals surface area contributed by atoms with E-state index in [0.29, 0.717) is 19.8 Å². The Balaban J connectivity index is 1.97. The average Bonchev–Trinajstić information content (AvgIpc) is 2.33. The maximum atomic E-state index is 11.9. The zero-order valence-electron chi connectivity index (χ0n) is 12.6. The van der Waals surface area contributed by atoms with Gasteiger partial charge >= 0.3 is 6.09 Å². The third kappa shape index (κ3) is 2.77. The SMILES string of the molecule is CC(C)(C)OC(=O)N1CC(O)(C2(CN)CCCOC2)C1. The summed E-state index contributed by atoms with van der Waals surface area (Å²) >= 11 is 0. The first-order chi connectivity index (χ1) is 9.21. The van der Waals surface area contributed by atoms with E-state index in [1.54, 1.807) is 0 Å². The van der Waals surface area contributed by atoms with Gasteiger partial charge in [0.05, 0.1) is 19.7 Å². The maximum Gasteiger partial charge on any atom is 0.410 e. The maximum absolute atomic E-state index is 11.9. The molecule has 0 bridgehead atoms. The highest BCUT2D eigenvalue weighted by Crippen LogP contribution is 2.44. The standard InChI is InChI=1S/C14H26N2O4/c1-12(2,3)20-11(17)16-8-14(18,9-16)13(7-15)5-4-6-19-10-13/h18H,4-10,15H2,1-3H3. The van der Waals surface area contributed by atoms with Crippen molar-refractivity contribution >= 4 is 6.09 Å². The molecule has 0 saturated carbocycles. The minimum atomic E-state index is -0.959. The Hall–Kier alpha value is -0.850. The van der Waals surface area contributed by atoms with Gasteiger partial charge in [0, 0.05) is 18.6 Å². The van der Waals surface area contributed by atoms with Crippen LogP contribution in [0.15, 0.2) is 0 Å². The fraction of sp³-hybridized carbons (Fsp3) is 0.929. The molecule has 2 heterocycles. The van der Waals surface area contributed by atoms with Gasteiger partial charge in [-0.1, -0.05) is 0 Å². The van der Waals surface area contributed by atoms with Crippen molar-refractivity contribution < 1.29 is 19.4 Å². The van der Waals surface area contributed by atoms with Gasteiger partial charge in [-0.05, 0) is 33.6 Å². The molecular weight excluding hydrogens is 260 g/mol. The lowest BCUT2D eigenvalue weighted by molar-refractivity contribution is -0.203. The van der Waals surface area contributed by atoms with Crippen LogP contribution in [-0.2, 0) is 9.47 Å². The van der Waals surface area contributed by atoms with Gasteiger partial charge in [-0.25, -0.2) is 4.79 Å². The lowest BCUT2D eigenvalue weighted by atomic mass is 9.64. The molecule has 0 aromatic carbocycles. The van der Waals surface area contributed by atoms with Crippen LogP contribution in [0.3, 0.4) is 0 Å². The first-order valence-electron chi connectivity index (χ1n) is 7.20. The third-order valence-corrected chi connectivity index (χ3v) is 4.26. The number of β-amino-alcohol motifs (C(OH)–C–C–N with tert-alkyl or cyclic N) is 1. The van der Waals surface area contributed by atoms with Crippen molar-refractivity contribution in [3.05, 3.63) is 0 Å². The zero-order chi connectivity index (χ0) is 15.0. The molecule has 0 aromatic heterocycles. The Morgan fingerprint density at radius 1 is 1.45 bits per heavy atom. The Morgan fingerprint density at radius 3 is 2.55 bits per heavy atom. The van der Waals surface area contributed by atoms with Crippen LogP contribution in [0.1, 0.15) is 33.6 Å². The number of likely N-dealkylation sites (tertiary alicyclic amines) is 1. The van der Waals surface area contributed by atoms with Crippen molar-refractivity contribution in [3.63, 3.8) is 0 Å². The fourth-order valence-electron chi connectivity index (χ4n) is 2.95. The summed E-state index contributed by atoms with van der Waals surface area (Å²) in [5.74, 6) is 0. The summed E-state index contributed by atoms with van der Waals surface area (Å²) < 4.78 is 10.8. The van der Waals surface area contributed by atoms with Gasteiger partial charge in [0.25, 0.3) is 0 Å². The molecule has 0 aliphatic carbocycles. The average molecular weight is 286 g/mol. The summed E-state index contributed by atoms with van der Waals surface area (Å²) in [6.07, 6.45) is 1.35. The number of nitrogens with two attached hydrogens (primary N) is 1. The molecule has 1 amide bonds. The normalized spacial score (nSPS) is 29.8. The van der Waals surface area contributed by atoms with E-state index < -0.39 is 16.6 Å². The van der Waals surface area contributed by atoms with Crippen molar-refractivity contribution in [2.75, 3.05) is 32.8 Å². The van der Waals surface area contributed by atoms with Gasteiger partial charge in [-0.15, -0.1) is 0 Å². The molecule has 20 heavy (non-hydrogen) atoms. The number of nitrogens with zero attached hydrogens (tertiary/aromatic N) is 1. The van der Waals surface area contributed by atoms with Crippen LogP contribution < -0.4 is 5.73 Å². The van der Waals surface area contributed by atoms with Gasteiger partial charge in [0.15, 0.2) is 0 Å². The monoisotopic (exact) mass is 286 g/mol. The van der Waals surface area contributed by atoms with Gasteiger partial charge in [-0.2, -0.15) is 0 Å². The third-order valence-electron chi connectivity index (χ3n) is 4.26. The number of carbonyl (C=O) groups is 1. The molecule has 3 N–H and O–H groups in total. The largest absolute Gasteiger partial charge is 0.444 e. The Kier molecular flexibility index (Phi) is 4.01. The number of aliphatic hydroxyl groups is 1. The first kappa shape index (κ1) is 15.5. The summed E-state index contributed by atoms with van der Waals surface area (Å²) in [7, 11) is 0. The van der Waals surface area contributed by atoms with Gasteiger partial charge in [0.1, 0.15) is 11.2 Å². The first-order valence-corrected chi connectivity index (χ1v) is 7.20. The fourth-order valence-corrected chi connectivity index (χ4v) is 2.95. The lowest BCUT2D eigenvalue weighted by Gasteiger charge is -2.57. The van der Waals surface area contributed by atoms with E-state index in [0.717, 1.165) is 12.8 Å². The Morgan fingerprint density at radius 2 is 2.10 bits per heavy atom. The molecule has 1 atom stereocenters. The van der Waals surface area contributed by atoms with E-state index in [1.807, 2.05) is 20.8 Å². The topological polar surface area (TPSA) is 85.0 Å². The van der Waals surface area contributed by atoms with Gasteiger partial charge in [0.2, 0.25) is 0 Å². The number of hydrogen-bond acceptors (Lipinski definition) is 5. The molecule has 2 rings (SSSR count). The van der Waals surface area contributed by atoms with E-state index in [2.05, 4.69) is 0 Å². The molecular formula is C14H26N2O4. The molecule has 2 aliphatic rings. The summed E-state index contributed by atoms with van der Waals surface area (Å²) in [5, 5.41) is 10.8. The summed E-state index contributed by atoms with van der Waals surface area (Å²) in [5.41, 5.74) is 3.96. The molecule has 2 aliphatic heterocycles. The van der Waals surface area contributed by atoms with Crippen LogP contribution >= 0.6 is 0 Å². The highest BCUT2D eigenvalue weighted by atomic mass is 16.6. The second-order valence-corrected chi connectivity index (χ2v) is 7.01. The van der Waals surface area contributed by atoms with Crippen molar-refractivity contribution in [2.45, 2.75) is 44.8 Å². The van der Waals surface area contributed by atoms with E-state index in [-0.39, 0.29) is 19.2 Å². The molecule has 6 heteroatoms. The van der Waals surface area contributed by atoms with Crippen LogP contribution in [-0.4, -0.2) is 60.1 Å². The molecule has 0 spiro atoms. The summed E-state index contributed by atoms with van der Waals surface area (Å²) in [6, 6.07) is 0. The number of hydrogen-bond donors (Lipinski definition) is 2. The molecule has 1 unspecified atom stereocenters. The van der Waals surface area contributed by atoms with E-state index in [4.69, 9.17) is 15.2 Å². The molecule has 2 saturated heterocycles. The smallest absolute Gasteiger partial charge is 0.410 e. The minimum absolute atomic E-state index is 0.266. The van der Waals surface area contributed by atoms with Crippen LogP contribution in [0.2, 0.25) is 0 Å². The van der Waals surface area contributed by atoms with Crippen molar-refractivity contribution in [2.24, 2.45) is 11.1 Å². The minimum Gasteiger partial charge on any atom is -0.444 e. The zero-order valence-corrected chi connectivity index (χ0v) is 12.6. The number of carbonyl (C=O) groups excluding carboxylic acids is 1. The van der Waals surface area contributed by atoms with Crippen molar-refractivity contribution in [1.82, 2.24) is 4.90 Å². The predicted octanol–water partition coefficient (Wildman–Crippen LogP) is 0.724. The van der Waals surface area contributed by atoms with Crippen molar-refractivity contribution in [1.29, 1.82) is 0 Å². The molecule has 2 fully saturated rings. The number of amides is 1. The predicted molar refractivity (Wildman–Crippen MR) is 74.3 cm³/mol. The van der Waals surface area contributed by atoms with Crippen molar-refractivity contribution in [3.8, 4) is 0 Å².